The van der Waals surface area contributed by atoms with E-state index in [1.165, 1.54) is 19.3 Å². The van der Waals surface area contributed by atoms with Gasteiger partial charge in [-0.3, -0.25) is 4.90 Å². The molecule has 1 saturated carbocycles. The minimum atomic E-state index is -0.960. The Morgan fingerprint density at radius 2 is 1.46 bits per heavy atom. The first-order chi connectivity index (χ1) is 27.2. The lowest BCUT2D eigenvalue weighted by Gasteiger charge is -2.33. The van der Waals surface area contributed by atoms with E-state index in [9.17, 15) is 14.7 Å². The van der Waals surface area contributed by atoms with Crippen molar-refractivity contribution in [2.75, 3.05) is 13.4 Å². The molecule has 1 aliphatic carbocycles. The Bertz CT molecular complexity index is 1850. The molecule has 3 aromatic carbocycles. The second kappa shape index (κ2) is 19.9. The van der Waals surface area contributed by atoms with Gasteiger partial charge in [-0.1, -0.05) is 123 Å². The number of amides is 3. The van der Waals surface area contributed by atoms with Crippen molar-refractivity contribution in [3.8, 4) is 0 Å². The first-order valence-corrected chi connectivity index (χ1v) is 19.9. The van der Waals surface area contributed by atoms with Crippen LogP contribution in [0, 0.1) is 5.92 Å². The lowest BCUT2D eigenvalue weighted by molar-refractivity contribution is -0.722. The summed E-state index contributed by atoms with van der Waals surface area (Å²) in [5, 5.41) is 15.8. The molecule has 12 nitrogen and oxygen atoms in total. The van der Waals surface area contributed by atoms with E-state index in [2.05, 4.69) is 17.2 Å². The van der Waals surface area contributed by atoms with Gasteiger partial charge in [0.2, 0.25) is 0 Å². The van der Waals surface area contributed by atoms with E-state index in [-0.39, 0.29) is 38.6 Å². The van der Waals surface area contributed by atoms with E-state index in [1.54, 1.807) is 12.4 Å². The number of imidazole rings is 1. The molecule has 2 aliphatic rings. The Morgan fingerprint density at radius 3 is 2.07 bits per heavy atom. The number of nitrogens with one attached hydrogen (secondary N) is 1. The molecule has 6 N–H and O–H groups in total. The fraction of sp³-hybridized carbons (Fsp3) is 0.432. The van der Waals surface area contributed by atoms with E-state index in [4.69, 9.17) is 20.9 Å². The van der Waals surface area contributed by atoms with Gasteiger partial charge in [0.15, 0.2) is 6.67 Å². The number of aliphatic hydroxyl groups is 1. The van der Waals surface area contributed by atoms with Crippen molar-refractivity contribution >= 4 is 11.9 Å². The zero-order valence-electron chi connectivity index (χ0n) is 32.5. The van der Waals surface area contributed by atoms with E-state index in [0.29, 0.717) is 31.4 Å². The summed E-state index contributed by atoms with van der Waals surface area (Å²) in [6, 6.07) is 27.1. The fourth-order valence-corrected chi connectivity index (χ4v) is 8.04. The molecule has 0 spiro atoms. The highest BCUT2D eigenvalue weighted by molar-refractivity contribution is 5.87. The average molecular weight is 765 g/mol. The van der Waals surface area contributed by atoms with Gasteiger partial charge in [-0.05, 0) is 36.0 Å². The van der Waals surface area contributed by atoms with Crippen molar-refractivity contribution in [2.45, 2.75) is 102 Å². The van der Waals surface area contributed by atoms with Crippen molar-refractivity contribution in [1.29, 1.82) is 0 Å². The normalized spacial score (nSPS) is 19.6. The molecular formula is C44H58N7O5+. The summed E-state index contributed by atoms with van der Waals surface area (Å²) in [4.78, 5) is 34.0. The number of imide groups is 1. The summed E-state index contributed by atoms with van der Waals surface area (Å²) in [5.41, 5.74) is 16.3. The Kier molecular flexibility index (Phi) is 14.6. The molecule has 4 aromatic rings. The number of urea groups is 1. The lowest BCUT2D eigenvalue weighted by atomic mass is 9.83. The van der Waals surface area contributed by atoms with Gasteiger partial charge in [0.1, 0.15) is 37.6 Å². The Morgan fingerprint density at radius 1 is 0.875 bits per heavy atom. The molecule has 56 heavy (non-hydrogen) atoms. The number of ether oxygens (including phenoxy) is 2. The highest BCUT2D eigenvalue weighted by Crippen LogP contribution is 2.33. The summed E-state index contributed by atoms with van der Waals surface area (Å²) >= 11 is 0. The number of aromatic nitrogens is 2. The van der Waals surface area contributed by atoms with Crippen LogP contribution in [0.15, 0.2) is 115 Å². The minimum absolute atomic E-state index is 0.0258. The van der Waals surface area contributed by atoms with Gasteiger partial charge in [-0.2, -0.15) is 0 Å². The zero-order valence-corrected chi connectivity index (χ0v) is 32.5. The number of carbonyl (C=O) groups is 2. The SMILES string of the molecule is C[C@H](CC1=C[N+](C(N)=O)(C(=O)[C@@H](N)Cc2ccccc2)CN1COCc1ccccc1)N[C@@H](CC1CCCCC1)C(O)c1nccn1COCc1ccccc1. The summed E-state index contributed by atoms with van der Waals surface area (Å²) in [7, 11) is 0. The van der Waals surface area contributed by atoms with Crippen LogP contribution in [0.3, 0.4) is 0 Å². The lowest BCUT2D eigenvalue weighted by Crippen LogP contribution is -2.61. The van der Waals surface area contributed by atoms with Crippen LogP contribution in [0.4, 0.5) is 4.79 Å². The van der Waals surface area contributed by atoms with E-state index in [1.807, 2.05) is 107 Å². The summed E-state index contributed by atoms with van der Waals surface area (Å²) < 4.78 is 13.3. The number of carbonyl (C=O) groups excluding carboxylic acids is 2. The van der Waals surface area contributed by atoms with Crippen molar-refractivity contribution < 1.29 is 28.7 Å². The second-order valence-electron chi connectivity index (χ2n) is 15.4. The smallest absolute Gasteiger partial charge is 0.384 e. The monoisotopic (exact) mass is 764 g/mol. The van der Waals surface area contributed by atoms with Crippen LogP contribution in [0.25, 0.3) is 0 Å². The third-order valence-electron chi connectivity index (χ3n) is 11.0. The molecule has 2 unspecified atom stereocenters. The molecule has 12 heteroatoms. The van der Waals surface area contributed by atoms with Crippen molar-refractivity contribution in [2.24, 2.45) is 17.4 Å². The molecule has 1 fully saturated rings. The first kappa shape index (κ1) is 41.0. The maximum absolute atomic E-state index is 14.2. The Balaban J connectivity index is 1.20. The fourth-order valence-electron chi connectivity index (χ4n) is 8.04. The van der Waals surface area contributed by atoms with E-state index in [0.717, 1.165) is 41.6 Å². The van der Waals surface area contributed by atoms with Gasteiger partial charge in [0.05, 0.1) is 18.9 Å². The maximum atomic E-state index is 14.2. The highest BCUT2D eigenvalue weighted by atomic mass is 16.5. The molecule has 5 atom stereocenters. The number of nitrogens with two attached hydrogens (primary N) is 2. The second-order valence-corrected chi connectivity index (χ2v) is 15.4. The van der Waals surface area contributed by atoms with Gasteiger partial charge >= 0.3 is 11.9 Å². The van der Waals surface area contributed by atoms with Crippen molar-refractivity contribution in [1.82, 2.24) is 19.8 Å². The third-order valence-corrected chi connectivity index (χ3v) is 11.0. The minimum Gasteiger partial charge on any atom is -0.384 e. The number of quaternary nitrogens is 1. The van der Waals surface area contributed by atoms with Gasteiger partial charge < -0.3 is 35.9 Å². The van der Waals surface area contributed by atoms with Crippen LogP contribution in [-0.2, 0) is 40.6 Å². The van der Waals surface area contributed by atoms with Crippen LogP contribution < -0.4 is 16.8 Å². The Labute approximate surface area is 330 Å². The maximum Gasteiger partial charge on any atom is 0.427 e. The molecule has 1 aliphatic heterocycles. The number of nitrogens with zero attached hydrogens (tertiary/aromatic N) is 4. The van der Waals surface area contributed by atoms with Gasteiger partial charge in [-0.15, -0.1) is 4.48 Å². The van der Waals surface area contributed by atoms with Crippen LogP contribution in [0.2, 0.25) is 0 Å². The van der Waals surface area contributed by atoms with Gasteiger partial charge in [-0.25, -0.2) is 14.6 Å². The number of primary amides is 1. The van der Waals surface area contributed by atoms with Gasteiger partial charge in [0, 0.05) is 37.3 Å². The molecule has 298 valence electrons. The molecule has 1 aromatic heterocycles. The number of hydrogen-bond donors (Lipinski definition) is 4. The van der Waals surface area contributed by atoms with E-state index >= 15 is 0 Å². The summed E-state index contributed by atoms with van der Waals surface area (Å²) in [6.45, 7) is 3.22. The topological polar surface area (TPSA) is 158 Å². The predicted octanol–water partition coefficient (Wildman–Crippen LogP) is 6.08. The van der Waals surface area contributed by atoms with Crippen LogP contribution >= 0.6 is 0 Å². The molecule has 0 saturated heterocycles. The highest BCUT2D eigenvalue weighted by Gasteiger charge is 2.51. The number of benzene rings is 3. The Hall–Kier alpha value is -4.69. The van der Waals surface area contributed by atoms with E-state index < -0.39 is 28.6 Å². The molecule has 2 heterocycles. The summed E-state index contributed by atoms with van der Waals surface area (Å²) in [6.07, 6.45) is 11.6. The van der Waals surface area contributed by atoms with Gasteiger partial charge in [0.25, 0.3) is 0 Å². The van der Waals surface area contributed by atoms with Crippen LogP contribution in [-0.4, -0.2) is 67.5 Å². The largest absolute Gasteiger partial charge is 0.427 e. The predicted molar refractivity (Wildman–Crippen MR) is 214 cm³/mol. The number of rotatable bonds is 19. The van der Waals surface area contributed by atoms with Crippen LogP contribution in [0.5, 0.6) is 0 Å². The molecule has 3 amide bonds. The summed E-state index contributed by atoms with van der Waals surface area (Å²) in [5.74, 6) is 0.534. The van der Waals surface area contributed by atoms with Crippen molar-refractivity contribution in [3.05, 3.63) is 138 Å². The third kappa shape index (κ3) is 10.8. The zero-order chi connectivity index (χ0) is 39.3. The molecule has 0 bridgehead atoms. The first-order valence-electron chi connectivity index (χ1n) is 19.9. The quantitative estimate of drug-likeness (QED) is 0.0831. The standard InChI is InChI=1S/C44H57N7O5/c1-33(48-40(26-35-16-8-3-9-17-35)41(52)42-47-22-23-49(42)31-55-28-36-18-10-4-11-19-36)24-38-27-51(44(46)54,43(53)39(45)25-34-14-6-2-7-15-34)30-50(38)32-56-29-37-20-12-5-13-21-37/h2,4-7,10-15,18-23,27,33,35,39-41,48,52H,3,8-9,16-17,24-26,28-32,45H2,1H3,(H-,46,54)/p+1/t33-,39+,40+,41?,51?/m1/s1. The van der Waals surface area contributed by atoms with Crippen molar-refractivity contribution in [3.63, 3.8) is 0 Å². The molecule has 6 rings (SSSR count). The average Bonchev–Trinajstić information content (AvgIpc) is 3.84. The number of aliphatic hydroxyl groups excluding tert-OH is 1. The molecule has 0 radical (unpaired) electrons. The molecular weight excluding hydrogens is 707 g/mol. The van der Waals surface area contributed by atoms with Crippen LogP contribution in [0.1, 0.15) is 80.5 Å². The number of hydrogen-bond acceptors (Lipinski definition) is 9.